The summed E-state index contributed by atoms with van der Waals surface area (Å²) in [5, 5.41) is 10.5. The van der Waals surface area contributed by atoms with E-state index in [1.54, 1.807) is 0 Å². The van der Waals surface area contributed by atoms with Crippen LogP contribution in [0.15, 0.2) is 51.4 Å². The van der Waals surface area contributed by atoms with Crippen molar-refractivity contribution in [2.24, 2.45) is 0 Å². The molecule has 0 fully saturated rings. The molecule has 1 unspecified atom stereocenters. The Balaban J connectivity index is 2.27. The lowest BCUT2D eigenvalue weighted by Gasteiger charge is -2.14. The average molecular weight is 384 g/mol. The van der Waals surface area contributed by atoms with Crippen LogP contribution in [0.2, 0.25) is 0 Å². The fourth-order valence-electron chi connectivity index (χ4n) is 2.06. The lowest BCUT2D eigenvalue weighted by Crippen LogP contribution is -2.01. The topological polar surface area (TPSA) is 20.2 Å². The highest BCUT2D eigenvalue weighted by Gasteiger charge is 2.14. The van der Waals surface area contributed by atoms with Gasteiger partial charge in [-0.05, 0) is 35.7 Å². The van der Waals surface area contributed by atoms with Crippen LogP contribution in [0.1, 0.15) is 36.1 Å². The Morgan fingerprint density at radius 1 is 1.05 bits per heavy atom. The van der Waals surface area contributed by atoms with Crippen LogP contribution in [0.5, 0.6) is 0 Å². The predicted octanol–water partition coefficient (Wildman–Crippen LogP) is 5.25. The molecule has 2 rings (SSSR count). The zero-order chi connectivity index (χ0) is 13.8. The molecule has 19 heavy (non-hydrogen) atoms. The maximum absolute atomic E-state index is 10.5. The van der Waals surface area contributed by atoms with Crippen LogP contribution in [0.25, 0.3) is 0 Å². The van der Waals surface area contributed by atoms with E-state index in [1.807, 2.05) is 30.3 Å². The Bertz CT molecular complexity index is 549. The minimum atomic E-state index is -0.609. The van der Waals surface area contributed by atoms with Gasteiger partial charge in [-0.3, -0.25) is 0 Å². The van der Waals surface area contributed by atoms with E-state index in [-0.39, 0.29) is 0 Å². The maximum Gasteiger partial charge on any atom is 0.105 e. The maximum atomic E-state index is 10.5. The highest BCUT2D eigenvalue weighted by atomic mass is 79.9. The molecule has 3 heteroatoms. The summed E-state index contributed by atoms with van der Waals surface area (Å²) in [6, 6.07) is 14.0. The van der Waals surface area contributed by atoms with Crippen LogP contribution >= 0.6 is 31.9 Å². The van der Waals surface area contributed by atoms with Crippen molar-refractivity contribution in [1.82, 2.24) is 0 Å². The molecule has 1 atom stereocenters. The van der Waals surface area contributed by atoms with Crippen molar-refractivity contribution in [3.8, 4) is 0 Å². The normalized spacial score (nSPS) is 12.4. The SMILES string of the molecule is CCCc1ccc(C(O)c2cc(Br)ccc2Br)cc1. The molecule has 0 amide bonds. The Kier molecular flexibility index (Phi) is 5.20. The van der Waals surface area contributed by atoms with Gasteiger partial charge >= 0.3 is 0 Å². The number of aliphatic hydroxyl groups is 1. The molecule has 2 aromatic carbocycles. The van der Waals surface area contributed by atoms with Crippen LogP contribution in [0.4, 0.5) is 0 Å². The van der Waals surface area contributed by atoms with Gasteiger partial charge in [0.2, 0.25) is 0 Å². The quantitative estimate of drug-likeness (QED) is 0.764. The second-order valence-corrected chi connectivity index (χ2v) is 6.33. The highest BCUT2D eigenvalue weighted by molar-refractivity contribution is 9.11. The van der Waals surface area contributed by atoms with Gasteiger partial charge in [-0.25, -0.2) is 0 Å². The number of halogens is 2. The number of aryl methyl sites for hydroxylation is 1. The van der Waals surface area contributed by atoms with E-state index in [0.29, 0.717) is 0 Å². The Morgan fingerprint density at radius 2 is 1.74 bits per heavy atom. The van der Waals surface area contributed by atoms with Gasteiger partial charge in [-0.15, -0.1) is 0 Å². The minimum Gasteiger partial charge on any atom is -0.384 e. The monoisotopic (exact) mass is 382 g/mol. The first-order chi connectivity index (χ1) is 9.11. The van der Waals surface area contributed by atoms with Crippen LogP contribution in [-0.4, -0.2) is 5.11 Å². The standard InChI is InChI=1S/C16H16Br2O/c1-2-3-11-4-6-12(7-5-11)16(19)14-10-13(17)8-9-15(14)18/h4-10,16,19H,2-3H2,1H3. The molecule has 0 aliphatic rings. The third-order valence-corrected chi connectivity index (χ3v) is 4.30. The van der Waals surface area contributed by atoms with Crippen molar-refractivity contribution in [2.75, 3.05) is 0 Å². The molecule has 0 radical (unpaired) electrons. The van der Waals surface area contributed by atoms with Crippen LogP contribution in [0.3, 0.4) is 0 Å². The number of benzene rings is 2. The molecule has 1 nitrogen and oxygen atoms in total. The molecule has 2 aromatic rings. The van der Waals surface area contributed by atoms with Crippen molar-refractivity contribution in [1.29, 1.82) is 0 Å². The molecule has 0 heterocycles. The Labute approximate surface area is 130 Å². The van der Waals surface area contributed by atoms with Crippen molar-refractivity contribution in [3.05, 3.63) is 68.1 Å². The second-order valence-electron chi connectivity index (χ2n) is 4.56. The number of hydrogen-bond donors (Lipinski definition) is 1. The second kappa shape index (κ2) is 6.69. The summed E-state index contributed by atoms with van der Waals surface area (Å²) < 4.78 is 1.88. The van der Waals surface area contributed by atoms with Crippen LogP contribution in [-0.2, 0) is 6.42 Å². The summed E-state index contributed by atoms with van der Waals surface area (Å²) in [5.41, 5.74) is 3.10. The van der Waals surface area contributed by atoms with Gasteiger partial charge in [0.25, 0.3) is 0 Å². The molecular formula is C16H16Br2O. The van der Waals surface area contributed by atoms with E-state index < -0.39 is 6.10 Å². The van der Waals surface area contributed by atoms with Gasteiger partial charge in [0, 0.05) is 14.5 Å². The smallest absolute Gasteiger partial charge is 0.105 e. The van der Waals surface area contributed by atoms with E-state index in [2.05, 4.69) is 50.9 Å². The Hall–Kier alpha value is -0.640. The molecule has 1 N–H and O–H groups in total. The molecule has 0 saturated heterocycles. The molecule has 0 bridgehead atoms. The molecular weight excluding hydrogens is 368 g/mol. The first-order valence-electron chi connectivity index (χ1n) is 6.33. The summed E-state index contributed by atoms with van der Waals surface area (Å²) in [7, 11) is 0. The summed E-state index contributed by atoms with van der Waals surface area (Å²) in [5.74, 6) is 0. The molecule has 0 aromatic heterocycles. The predicted molar refractivity (Wildman–Crippen MR) is 86.3 cm³/mol. The van der Waals surface area contributed by atoms with E-state index in [9.17, 15) is 5.11 Å². The zero-order valence-electron chi connectivity index (χ0n) is 10.7. The summed E-state index contributed by atoms with van der Waals surface area (Å²) in [6.45, 7) is 2.17. The third-order valence-electron chi connectivity index (χ3n) is 3.09. The third kappa shape index (κ3) is 3.68. The van der Waals surface area contributed by atoms with Crippen molar-refractivity contribution in [2.45, 2.75) is 25.9 Å². The van der Waals surface area contributed by atoms with E-state index in [0.717, 1.165) is 32.9 Å². The number of aliphatic hydroxyl groups excluding tert-OH is 1. The lowest BCUT2D eigenvalue weighted by molar-refractivity contribution is 0.219. The van der Waals surface area contributed by atoms with Crippen molar-refractivity contribution >= 4 is 31.9 Å². The molecule has 0 aliphatic heterocycles. The van der Waals surface area contributed by atoms with Crippen molar-refractivity contribution < 1.29 is 5.11 Å². The molecule has 100 valence electrons. The van der Waals surface area contributed by atoms with Gasteiger partial charge in [-0.1, -0.05) is 69.5 Å². The van der Waals surface area contributed by atoms with E-state index in [4.69, 9.17) is 0 Å². The van der Waals surface area contributed by atoms with Gasteiger partial charge in [0.1, 0.15) is 6.10 Å². The lowest BCUT2D eigenvalue weighted by atomic mass is 9.99. The molecule has 0 saturated carbocycles. The van der Waals surface area contributed by atoms with E-state index in [1.165, 1.54) is 5.56 Å². The van der Waals surface area contributed by atoms with Gasteiger partial charge in [-0.2, -0.15) is 0 Å². The van der Waals surface area contributed by atoms with Crippen LogP contribution in [0, 0.1) is 0 Å². The van der Waals surface area contributed by atoms with Crippen molar-refractivity contribution in [3.63, 3.8) is 0 Å². The molecule has 0 spiro atoms. The number of hydrogen-bond acceptors (Lipinski definition) is 1. The average Bonchev–Trinajstić information content (AvgIpc) is 2.42. The summed E-state index contributed by atoms with van der Waals surface area (Å²) in [4.78, 5) is 0. The van der Waals surface area contributed by atoms with Gasteiger partial charge in [0.15, 0.2) is 0 Å². The largest absolute Gasteiger partial charge is 0.384 e. The summed E-state index contributed by atoms with van der Waals surface area (Å²) in [6.07, 6.45) is 1.61. The fourth-order valence-corrected chi connectivity index (χ4v) is 2.90. The zero-order valence-corrected chi connectivity index (χ0v) is 13.9. The minimum absolute atomic E-state index is 0.609. The van der Waals surface area contributed by atoms with Gasteiger partial charge in [0.05, 0.1) is 0 Å². The van der Waals surface area contributed by atoms with E-state index >= 15 is 0 Å². The molecule has 0 aliphatic carbocycles. The first kappa shape index (κ1) is 14.8. The summed E-state index contributed by atoms with van der Waals surface area (Å²) >= 11 is 6.92. The highest BCUT2D eigenvalue weighted by Crippen LogP contribution is 2.31. The van der Waals surface area contributed by atoms with Gasteiger partial charge < -0.3 is 5.11 Å². The van der Waals surface area contributed by atoms with Crippen LogP contribution < -0.4 is 0 Å². The Morgan fingerprint density at radius 3 is 2.37 bits per heavy atom. The first-order valence-corrected chi connectivity index (χ1v) is 7.92. The number of rotatable bonds is 4. The fraction of sp³-hybridized carbons (Fsp3) is 0.250.